The minimum Gasteiger partial charge on any atom is -0.493 e. The maximum atomic E-state index is 15.3. The molecule has 0 aromatic heterocycles. The molecule has 1 atom stereocenters. The van der Waals surface area contributed by atoms with Gasteiger partial charge in [0.2, 0.25) is 5.91 Å². The van der Waals surface area contributed by atoms with Gasteiger partial charge in [-0.15, -0.1) is 0 Å². The molecule has 320 valence electrons. The number of hydrogen-bond donors (Lipinski definition) is 1. The molecular formula is C49H53ClF2N4O5. The Morgan fingerprint density at radius 1 is 0.738 bits per heavy atom. The lowest BCUT2D eigenvalue weighted by atomic mass is 9.88. The van der Waals surface area contributed by atoms with E-state index in [0.29, 0.717) is 80.5 Å². The van der Waals surface area contributed by atoms with E-state index in [4.69, 9.17) is 25.8 Å². The predicted octanol–water partition coefficient (Wildman–Crippen LogP) is 9.16. The molecule has 0 radical (unpaired) electrons. The van der Waals surface area contributed by atoms with Gasteiger partial charge >= 0.3 is 6.09 Å². The zero-order valence-electron chi connectivity index (χ0n) is 34.5. The van der Waals surface area contributed by atoms with Crippen LogP contribution in [0, 0.1) is 17.6 Å². The number of likely N-dealkylation sites (tertiary alicyclic amines) is 1. The van der Waals surface area contributed by atoms with Crippen LogP contribution < -0.4 is 14.8 Å². The third-order valence-electron chi connectivity index (χ3n) is 11.5. The number of piperidine rings is 1. The van der Waals surface area contributed by atoms with Crippen LogP contribution in [0.15, 0.2) is 115 Å². The van der Waals surface area contributed by atoms with Gasteiger partial charge in [0.25, 0.3) is 0 Å². The Hall–Kier alpha value is -5.49. The van der Waals surface area contributed by atoms with Gasteiger partial charge in [-0.2, -0.15) is 0 Å². The van der Waals surface area contributed by atoms with Gasteiger partial charge in [-0.25, -0.2) is 13.6 Å². The van der Waals surface area contributed by atoms with Crippen molar-refractivity contribution in [2.45, 2.75) is 52.0 Å². The van der Waals surface area contributed by atoms with E-state index in [-0.39, 0.29) is 36.6 Å². The van der Waals surface area contributed by atoms with Crippen LogP contribution >= 0.6 is 11.6 Å². The number of hydrogen-bond acceptors (Lipinski definition) is 7. The first-order chi connectivity index (χ1) is 29.7. The van der Waals surface area contributed by atoms with Crippen LogP contribution in [0.25, 0.3) is 11.1 Å². The summed E-state index contributed by atoms with van der Waals surface area (Å²) in [5.74, 6) is -0.270. The number of benzene rings is 5. The second-order valence-electron chi connectivity index (χ2n) is 15.6. The van der Waals surface area contributed by atoms with Crippen molar-refractivity contribution in [1.82, 2.24) is 20.0 Å². The van der Waals surface area contributed by atoms with E-state index >= 15 is 4.39 Å². The Kier molecular flexibility index (Phi) is 15.3. The van der Waals surface area contributed by atoms with Crippen LogP contribution in [0.4, 0.5) is 13.6 Å². The quantitative estimate of drug-likeness (QED) is 0.106. The summed E-state index contributed by atoms with van der Waals surface area (Å²) in [5, 5.41) is 3.55. The maximum Gasteiger partial charge on any atom is 0.408 e. The van der Waals surface area contributed by atoms with Gasteiger partial charge in [0.1, 0.15) is 30.8 Å². The molecule has 0 aliphatic carbocycles. The van der Waals surface area contributed by atoms with Crippen molar-refractivity contribution in [3.05, 3.63) is 154 Å². The fraction of sp³-hybridized carbons (Fsp3) is 0.347. The highest BCUT2D eigenvalue weighted by Gasteiger charge is 2.37. The minimum absolute atomic E-state index is 0.0895. The molecule has 12 heteroatoms. The molecular weight excluding hydrogens is 798 g/mol. The van der Waals surface area contributed by atoms with Crippen molar-refractivity contribution >= 4 is 23.6 Å². The third kappa shape index (κ3) is 11.7. The van der Waals surface area contributed by atoms with Crippen LogP contribution in [0.5, 0.6) is 11.5 Å². The summed E-state index contributed by atoms with van der Waals surface area (Å²) in [7, 11) is 0. The first-order valence-electron chi connectivity index (χ1n) is 21.1. The average molecular weight is 851 g/mol. The molecule has 9 nitrogen and oxygen atoms in total. The SMILES string of the molecule is CCOc1cccc(F)c1CN1CCN(C(=O)[C@H](NC(=O)OCc2ccccc2)C2CCN(CCc3cc(Cl)ccc3-c3cccc(F)c3OCc3ccccc3)CC2)CC1. The average Bonchev–Trinajstić information content (AvgIpc) is 3.28. The summed E-state index contributed by atoms with van der Waals surface area (Å²) in [6, 6.07) is 33.8. The standard InChI is InChI=1S/C49H53ClF2N4O5/c1-2-59-45-18-10-16-43(51)42(45)32-55-27-29-56(30-28-55)48(57)46(53-49(58)61-34-36-13-7-4-8-14-36)37-21-24-54(25-22-37)26-23-38-31-39(50)19-20-40(38)41-15-9-17-44(52)47(41)60-33-35-11-5-3-6-12-35/h3-20,31,37,46H,2,21-30,32-34H2,1H3,(H,53,58)/t46-/m1/s1. The highest BCUT2D eigenvalue weighted by Crippen LogP contribution is 2.37. The van der Waals surface area contributed by atoms with Crippen LogP contribution in [-0.2, 0) is 35.7 Å². The molecule has 2 aliphatic heterocycles. The lowest BCUT2D eigenvalue weighted by molar-refractivity contribution is -0.137. The first-order valence-corrected chi connectivity index (χ1v) is 21.5. The topological polar surface area (TPSA) is 83.6 Å². The van der Waals surface area contributed by atoms with E-state index < -0.39 is 18.0 Å². The second kappa shape index (κ2) is 21.3. The Balaban J connectivity index is 0.994. The van der Waals surface area contributed by atoms with Gasteiger partial charge < -0.3 is 29.3 Å². The smallest absolute Gasteiger partial charge is 0.408 e. The summed E-state index contributed by atoms with van der Waals surface area (Å²) in [6.45, 7) is 7.15. The van der Waals surface area contributed by atoms with Crippen LogP contribution in [0.2, 0.25) is 5.02 Å². The first kappa shape index (κ1) is 43.6. The Labute approximate surface area is 362 Å². The molecule has 2 heterocycles. The van der Waals surface area contributed by atoms with Gasteiger partial charge in [0.05, 0.1) is 6.61 Å². The second-order valence-corrected chi connectivity index (χ2v) is 16.0. The van der Waals surface area contributed by atoms with Crippen molar-refractivity contribution in [2.24, 2.45) is 5.92 Å². The number of para-hydroxylation sites is 1. The van der Waals surface area contributed by atoms with Crippen molar-refractivity contribution in [3.63, 3.8) is 0 Å². The summed E-state index contributed by atoms with van der Waals surface area (Å²) >= 11 is 6.53. The van der Waals surface area contributed by atoms with E-state index in [9.17, 15) is 14.0 Å². The number of alkyl carbamates (subject to hydrolysis) is 1. The van der Waals surface area contributed by atoms with Crippen LogP contribution in [0.3, 0.4) is 0 Å². The van der Waals surface area contributed by atoms with E-state index in [1.165, 1.54) is 12.1 Å². The van der Waals surface area contributed by atoms with Crippen molar-refractivity contribution < 1.29 is 32.6 Å². The van der Waals surface area contributed by atoms with Crippen LogP contribution in [-0.4, -0.2) is 85.2 Å². The normalized spacial score (nSPS) is 15.6. The number of nitrogens with one attached hydrogen (secondary N) is 1. The molecule has 5 aromatic rings. The lowest BCUT2D eigenvalue weighted by Gasteiger charge is -2.40. The number of piperazine rings is 1. The molecule has 5 aromatic carbocycles. The summed E-state index contributed by atoms with van der Waals surface area (Å²) in [6.07, 6.45) is 1.40. The van der Waals surface area contributed by atoms with Crippen molar-refractivity contribution in [1.29, 1.82) is 0 Å². The van der Waals surface area contributed by atoms with Crippen molar-refractivity contribution in [3.8, 4) is 22.6 Å². The highest BCUT2D eigenvalue weighted by molar-refractivity contribution is 6.30. The fourth-order valence-electron chi connectivity index (χ4n) is 8.22. The maximum absolute atomic E-state index is 15.3. The predicted molar refractivity (Wildman–Crippen MR) is 233 cm³/mol. The summed E-state index contributed by atoms with van der Waals surface area (Å²) in [5.41, 5.74) is 4.79. The number of ether oxygens (including phenoxy) is 3. The largest absolute Gasteiger partial charge is 0.493 e. The van der Waals surface area contributed by atoms with Gasteiger partial charge in [-0.1, -0.05) is 96.5 Å². The molecule has 7 rings (SSSR count). The molecule has 1 N–H and O–H groups in total. The zero-order chi connectivity index (χ0) is 42.6. The minimum atomic E-state index is -0.769. The van der Waals surface area contributed by atoms with E-state index in [1.807, 2.05) is 91.9 Å². The van der Waals surface area contributed by atoms with E-state index in [2.05, 4.69) is 15.1 Å². The Bertz CT molecular complexity index is 2220. The van der Waals surface area contributed by atoms with E-state index in [1.54, 1.807) is 23.1 Å². The third-order valence-corrected chi connectivity index (χ3v) is 11.8. The number of halogens is 3. The molecule has 2 aliphatic rings. The summed E-state index contributed by atoms with van der Waals surface area (Å²) in [4.78, 5) is 33.9. The molecule has 0 saturated carbocycles. The Morgan fingerprint density at radius 2 is 1.41 bits per heavy atom. The molecule has 0 bridgehead atoms. The number of amides is 2. The van der Waals surface area contributed by atoms with Crippen LogP contribution in [0.1, 0.15) is 42.0 Å². The molecule has 2 amide bonds. The lowest BCUT2D eigenvalue weighted by Crippen LogP contribution is -2.58. The van der Waals surface area contributed by atoms with Gasteiger partial charge in [0.15, 0.2) is 11.6 Å². The summed E-state index contributed by atoms with van der Waals surface area (Å²) < 4.78 is 47.6. The molecule has 2 fully saturated rings. The number of rotatable bonds is 16. The number of carbonyl (C=O) groups excluding carboxylic acids is 2. The number of nitrogens with zero attached hydrogens (tertiary/aromatic N) is 3. The van der Waals surface area contributed by atoms with Gasteiger partial charge in [-0.05, 0) is 97.8 Å². The van der Waals surface area contributed by atoms with E-state index in [0.717, 1.165) is 41.9 Å². The fourth-order valence-corrected chi connectivity index (χ4v) is 8.42. The Morgan fingerprint density at radius 3 is 2.11 bits per heavy atom. The number of carbonyl (C=O) groups is 2. The molecule has 0 spiro atoms. The molecule has 61 heavy (non-hydrogen) atoms. The zero-order valence-corrected chi connectivity index (χ0v) is 35.3. The van der Waals surface area contributed by atoms with Crippen molar-refractivity contribution in [2.75, 3.05) is 52.4 Å². The molecule has 2 saturated heterocycles. The highest BCUT2D eigenvalue weighted by atomic mass is 35.5. The van der Waals surface area contributed by atoms with Gasteiger partial charge in [0, 0.05) is 55.4 Å². The molecule has 0 unspecified atom stereocenters. The van der Waals surface area contributed by atoms with Gasteiger partial charge in [-0.3, -0.25) is 9.69 Å². The monoisotopic (exact) mass is 850 g/mol.